The Balaban J connectivity index is 1.81. The fourth-order valence-corrected chi connectivity index (χ4v) is 6.10. The molecule has 0 saturated heterocycles. The minimum absolute atomic E-state index is 0.0227. The summed E-state index contributed by atoms with van der Waals surface area (Å²) in [4.78, 5) is 29.0. The van der Waals surface area contributed by atoms with Gasteiger partial charge in [-0.15, -0.1) is 0 Å². The van der Waals surface area contributed by atoms with Crippen LogP contribution in [-0.4, -0.2) is 78.9 Å². The number of ether oxygens (including phenoxy) is 8. The van der Waals surface area contributed by atoms with Gasteiger partial charge in [0.15, 0.2) is 23.0 Å². The lowest BCUT2D eigenvalue weighted by Gasteiger charge is -2.27. The molecular weight excluding hydrogens is 700 g/mol. The number of aromatic hydroxyl groups is 2. The Morgan fingerprint density at radius 3 is 1.07 bits per heavy atom. The number of nitrogens with one attached hydrogen (secondary N) is 2. The third-order valence-electron chi connectivity index (χ3n) is 9.04. The summed E-state index contributed by atoms with van der Waals surface area (Å²) in [6, 6.07) is 16.9. The van der Waals surface area contributed by atoms with Crippen LogP contribution in [0.1, 0.15) is 22.3 Å². The van der Waals surface area contributed by atoms with Crippen LogP contribution in [0.3, 0.4) is 0 Å². The molecule has 0 fully saturated rings. The van der Waals surface area contributed by atoms with Crippen LogP contribution >= 0.6 is 0 Å². The Kier molecular flexibility index (Phi) is 14.3. The second-order valence-electron chi connectivity index (χ2n) is 12.1. The Hall–Kier alpha value is -6.18. The summed E-state index contributed by atoms with van der Waals surface area (Å²) in [5.74, 6) is -0.635. The number of phenols is 2. The molecule has 0 aliphatic rings. The summed E-state index contributed by atoms with van der Waals surface area (Å²) in [5, 5.41) is 27.3. The first-order valence-electron chi connectivity index (χ1n) is 16.9. The van der Waals surface area contributed by atoms with Crippen molar-refractivity contribution in [3.05, 3.63) is 82.9 Å². The van der Waals surface area contributed by atoms with Crippen LogP contribution in [0.5, 0.6) is 57.5 Å². The quantitative estimate of drug-likeness (QED) is 0.103. The maximum Gasteiger partial charge on any atom is 0.224 e. The molecule has 14 heteroatoms. The second kappa shape index (κ2) is 19.1. The van der Waals surface area contributed by atoms with E-state index in [1.54, 1.807) is 74.9 Å². The predicted octanol–water partition coefficient (Wildman–Crippen LogP) is 4.82. The van der Waals surface area contributed by atoms with Crippen molar-refractivity contribution < 1.29 is 57.7 Å². The number of carbonyl (C=O) groups is 2. The lowest BCUT2D eigenvalue weighted by atomic mass is 9.81. The van der Waals surface area contributed by atoms with Crippen molar-refractivity contribution >= 4 is 11.8 Å². The van der Waals surface area contributed by atoms with Gasteiger partial charge in [-0.2, -0.15) is 0 Å². The van der Waals surface area contributed by atoms with E-state index in [9.17, 15) is 19.8 Å². The van der Waals surface area contributed by atoms with Gasteiger partial charge in [0.05, 0.1) is 68.7 Å². The van der Waals surface area contributed by atoms with Crippen LogP contribution < -0.4 is 48.5 Å². The third-order valence-corrected chi connectivity index (χ3v) is 9.04. The summed E-state index contributed by atoms with van der Waals surface area (Å²) in [5.41, 5.74) is 2.47. The summed E-state index contributed by atoms with van der Waals surface area (Å²) in [6.07, 6.45) is 0.0454. The summed E-state index contributed by atoms with van der Waals surface area (Å²) < 4.78 is 43.4. The Labute approximate surface area is 314 Å². The van der Waals surface area contributed by atoms with Gasteiger partial charge < -0.3 is 58.7 Å². The van der Waals surface area contributed by atoms with Crippen molar-refractivity contribution in [2.24, 2.45) is 11.8 Å². The molecule has 0 saturated carbocycles. The fourth-order valence-electron chi connectivity index (χ4n) is 6.10. The van der Waals surface area contributed by atoms with E-state index in [-0.39, 0.29) is 60.4 Å². The molecular formula is C40H48N2O12. The molecule has 0 aliphatic carbocycles. The van der Waals surface area contributed by atoms with Gasteiger partial charge in [0.1, 0.15) is 23.0 Å². The van der Waals surface area contributed by atoms with Crippen molar-refractivity contribution in [1.29, 1.82) is 0 Å². The first kappa shape index (κ1) is 40.6. The zero-order valence-corrected chi connectivity index (χ0v) is 31.7. The van der Waals surface area contributed by atoms with Gasteiger partial charge in [-0.25, -0.2) is 0 Å². The van der Waals surface area contributed by atoms with Crippen molar-refractivity contribution in [3.63, 3.8) is 0 Å². The van der Waals surface area contributed by atoms with Crippen LogP contribution in [0.4, 0.5) is 0 Å². The van der Waals surface area contributed by atoms with Gasteiger partial charge in [-0.1, -0.05) is 0 Å². The second-order valence-corrected chi connectivity index (χ2v) is 12.1. The smallest absolute Gasteiger partial charge is 0.224 e. The van der Waals surface area contributed by atoms with Crippen LogP contribution in [0.25, 0.3) is 0 Å². The minimum atomic E-state index is -1.02. The molecule has 0 radical (unpaired) electrons. The molecule has 0 aromatic heterocycles. The van der Waals surface area contributed by atoms with E-state index in [1.165, 1.54) is 42.7 Å². The van der Waals surface area contributed by atoms with Crippen LogP contribution in [0.2, 0.25) is 0 Å². The maximum absolute atomic E-state index is 14.5. The van der Waals surface area contributed by atoms with Gasteiger partial charge in [-0.3, -0.25) is 9.59 Å². The Bertz CT molecular complexity index is 1730. The topological polar surface area (TPSA) is 172 Å². The van der Waals surface area contributed by atoms with E-state index in [0.29, 0.717) is 45.3 Å². The van der Waals surface area contributed by atoms with Gasteiger partial charge in [0.25, 0.3) is 0 Å². The van der Waals surface area contributed by atoms with E-state index in [4.69, 9.17) is 37.9 Å². The number of phenolic OH excluding ortho intramolecular Hbond substituents is 2. The SMILES string of the molecule is COc1ccc(CNC(=O)[C@@H](Cc2cc(OC)c(O)c(OC)c2)[C@@H](Cc2cc(OC)c(O)c(OC)c2)C(=O)NCc2ccc(OC)cc2OC)c(OC)c1. The molecule has 0 heterocycles. The summed E-state index contributed by atoms with van der Waals surface area (Å²) >= 11 is 0. The third kappa shape index (κ3) is 9.62. The summed E-state index contributed by atoms with van der Waals surface area (Å²) in [7, 11) is 11.7. The number of hydrogen-bond donors (Lipinski definition) is 4. The van der Waals surface area contributed by atoms with Gasteiger partial charge in [-0.05, 0) is 72.5 Å². The average Bonchev–Trinajstić information content (AvgIpc) is 3.20. The number of benzene rings is 4. The molecule has 4 rings (SSSR count). The molecule has 4 aromatic rings. The molecule has 4 aromatic carbocycles. The van der Waals surface area contributed by atoms with Crippen LogP contribution in [0.15, 0.2) is 60.7 Å². The normalized spacial score (nSPS) is 11.8. The molecule has 2 amide bonds. The zero-order chi connectivity index (χ0) is 39.4. The van der Waals surface area contributed by atoms with E-state index >= 15 is 0 Å². The number of methoxy groups -OCH3 is 8. The van der Waals surface area contributed by atoms with Crippen LogP contribution in [-0.2, 0) is 35.5 Å². The lowest BCUT2D eigenvalue weighted by molar-refractivity contribution is -0.135. The highest BCUT2D eigenvalue weighted by molar-refractivity contribution is 5.88. The predicted molar refractivity (Wildman–Crippen MR) is 200 cm³/mol. The van der Waals surface area contributed by atoms with Crippen molar-refractivity contribution in [2.75, 3.05) is 56.9 Å². The van der Waals surface area contributed by atoms with Crippen molar-refractivity contribution in [3.8, 4) is 57.5 Å². The first-order valence-corrected chi connectivity index (χ1v) is 16.9. The molecule has 14 nitrogen and oxygen atoms in total. The van der Waals surface area contributed by atoms with Gasteiger partial charge >= 0.3 is 0 Å². The number of rotatable bonds is 19. The van der Waals surface area contributed by atoms with Gasteiger partial charge in [0.2, 0.25) is 23.3 Å². The van der Waals surface area contributed by atoms with Crippen molar-refractivity contribution in [1.82, 2.24) is 10.6 Å². The lowest BCUT2D eigenvalue weighted by Crippen LogP contribution is -2.44. The Morgan fingerprint density at radius 2 is 0.796 bits per heavy atom. The van der Waals surface area contributed by atoms with Gasteiger partial charge in [0, 0.05) is 36.3 Å². The van der Waals surface area contributed by atoms with E-state index in [1.807, 2.05) is 0 Å². The highest BCUT2D eigenvalue weighted by Crippen LogP contribution is 2.40. The molecule has 0 aliphatic heterocycles. The molecule has 0 spiro atoms. The molecule has 2 atom stereocenters. The van der Waals surface area contributed by atoms with E-state index in [0.717, 1.165) is 0 Å². The standard InChI is InChI=1S/C40H48N2O12/c1-47-27-11-9-25(31(19-27)49-3)21-41-39(45)29(13-23-15-33(51-5)37(43)34(16-23)52-6)30(14-24-17-35(53-7)38(44)36(18-24)54-8)40(46)42-22-26-10-12-28(48-2)20-32(26)50-4/h9-12,15-20,29-30,43-44H,13-14,21-22H2,1-8H3,(H,41,45)(H,42,46)/t29-,30+. The molecule has 4 N–H and O–H groups in total. The van der Waals surface area contributed by atoms with Crippen molar-refractivity contribution in [2.45, 2.75) is 25.9 Å². The maximum atomic E-state index is 14.5. The molecule has 54 heavy (non-hydrogen) atoms. The number of amides is 2. The summed E-state index contributed by atoms with van der Waals surface area (Å²) in [6.45, 7) is 0.145. The van der Waals surface area contributed by atoms with E-state index < -0.39 is 23.7 Å². The highest BCUT2D eigenvalue weighted by atomic mass is 16.5. The minimum Gasteiger partial charge on any atom is -0.502 e. The highest BCUT2D eigenvalue weighted by Gasteiger charge is 2.35. The molecule has 290 valence electrons. The largest absolute Gasteiger partial charge is 0.502 e. The average molecular weight is 749 g/mol. The Morgan fingerprint density at radius 1 is 0.481 bits per heavy atom. The zero-order valence-electron chi connectivity index (χ0n) is 31.7. The fraction of sp³-hybridized carbons (Fsp3) is 0.350. The molecule has 0 bridgehead atoms. The molecule has 0 unspecified atom stereocenters. The monoisotopic (exact) mass is 748 g/mol. The first-order chi connectivity index (χ1) is 26.0. The number of carbonyl (C=O) groups excluding carboxylic acids is 2. The van der Waals surface area contributed by atoms with E-state index in [2.05, 4.69) is 10.6 Å². The van der Waals surface area contributed by atoms with Crippen LogP contribution in [0, 0.1) is 11.8 Å². The number of hydrogen-bond acceptors (Lipinski definition) is 12.